The van der Waals surface area contributed by atoms with Crippen LogP contribution in [0, 0.1) is 0 Å². The van der Waals surface area contributed by atoms with Crippen molar-refractivity contribution in [2.75, 3.05) is 18.5 Å². The maximum absolute atomic E-state index is 12.8. The van der Waals surface area contributed by atoms with Gasteiger partial charge >= 0.3 is 0 Å². The Labute approximate surface area is 164 Å². The van der Waals surface area contributed by atoms with Gasteiger partial charge in [0.2, 0.25) is 5.91 Å². The van der Waals surface area contributed by atoms with E-state index in [-0.39, 0.29) is 11.9 Å². The molecule has 0 aliphatic carbocycles. The van der Waals surface area contributed by atoms with Gasteiger partial charge in [-0.15, -0.1) is 0 Å². The number of hydrazine groups is 1. The van der Waals surface area contributed by atoms with Crippen LogP contribution < -0.4 is 25.6 Å². The Kier molecular flexibility index (Phi) is 6.55. The normalized spacial score (nSPS) is 18.9. The molecule has 2 aromatic carbocycles. The Bertz CT molecular complexity index is 800. The van der Waals surface area contributed by atoms with E-state index in [1.165, 1.54) is 0 Å². The number of hydrogen-bond acceptors (Lipinski definition) is 5. The first kappa shape index (κ1) is 19.5. The second-order valence-corrected chi connectivity index (χ2v) is 6.57. The molecule has 1 saturated heterocycles. The molecule has 0 spiro atoms. The van der Waals surface area contributed by atoms with Crippen molar-refractivity contribution in [1.82, 2.24) is 10.9 Å². The Morgan fingerprint density at radius 3 is 2.67 bits per heavy atom. The number of ether oxygens (including phenoxy) is 2. The van der Waals surface area contributed by atoms with Gasteiger partial charge in [-0.1, -0.05) is 29.8 Å². The first-order chi connectivity index (χ1) is 13.1. The molecule has 1 aliphatic rings. The van der Waals surface area contributed by atoms with Gasteiger partial charge in [0, 0.05) is 17.1 Å². The van der Waals surface area contributed by atoms with E-state index in [9.17, 15) is 4.79 Å². The predicted octanol–water partition coefficient (Wildman–Crippen LogP) is 3.68. The van der Waals surface area contributed by atoms with Crippen molar-refractivity contribution >= 4 is 23.2 Å². The van der Waals surface area contributed by atoms with E-state index in [0.717, 1.165) is 5.56 Å². The third kappa shape index (κ3) is 4.71. The van der Waals surface area contributed by atoms with Crippen molar-refractivity contribution < 1.29 is 14.3 Å². The molecule has 2 aromatic rings. The highest BCUT2D eigenvalue weighted by molar-refractivity contribution is 6.31. The lowest BCUT2D eigenvalue weighted by Crippen LogP contribution is -2.39. The summed E-state index contributed by atoms with van der Waals surface area (Å²) < 4.78 is 11.1. The van der Waals surface area contributed by atoms with Crippen LogP contribution in [-0.2, 0) is 4.79 Å². The summed E-state index contributed by atoms with van der Waals surface area (Å²) in [5, 5.41) is 3.62. The van der Waals surface area contributed by atoms with Crippen molar-refractivity contribution in [2.24, 2.45) is 0 Å². The number of anilines is 1. The molecule has 0 saturated carbocycles. The van der Waals surface area contributed by atoms with Crippen LogP contribution in [0.4, 0.5) is 5.69 Å². The zero-order valence-corrected chi connectivity index (χ0v) is 16.2. The average molecular weight is 390 g/mol. The Balaban J connectivity index is 1.70. The number of hydrogen-bond donors (Lipinski definition) is 3. The minimum atomic E-state index is -0.392. The van der Waals surface area contributed by atoms with Gasteiger partial charge in [0.15, 0.2) is 0 Å². The summed E-state index contributed by atoms with van der Waals surface area (Å²) >= 11 is 6.27. The van der Waals surface area contributed by atoms with Crippen LogP contribution in [0.15, 0.2) is 42.5 Å². The molecular formula is C20H24ClN3O3. The SMILES string of the molecule is CCOc1ccc(OCC)c(NC(=O)C2CC(c3ccccc3Cl)NN2)c1. The lowest BCUT2D eigenvalue weighted by atomic mass is 10.0. The molecule has 2 unspecified atom stereocenters. The molecule has 0 aromatic heterocycles. The van der Waals surface area contributed by atoms with Crippen LogP contribution in [-0.4, -0.2) is 25.2 Å². The highest BCUT2D eigenvalue weighted by Crippen LogP contribution is 2.31. The molecule has 0 radical (unpaired) electrons. The van der Waals surface area contributed by atoms with Gasteiger partial charge in [0.1, 0.15) is 17.5 Å². The van der Waals surface area contributed by atoms with E-state index in [1.807, 2.05) is 44.2 Å². The molecule has 2 atom stereocenters. The van der Waals surface area contributed by atoms with E-state index < -0.39 is 6.04 Å². The van der Waals surface area contributed by atoms with Crippen molar-refractivity contribution in [3.63, 3.8) is 0 Å². The van der Waals surface area contributed by atoms with Crippen molar-refractivity contribution in [1.29, 1.82) is 0 Å². The van der Waals surface area contributed by atoms with Crippen molar-refractivity contribution in [2.45, 2.75) is 32.4 Å². The summed E-state index contributed by atoms with van der Waals surface area (Å²) in [5.41, 5.74) is 7.76. The Morgan fingerprint density at radius 2 is 1.93 bits per heavy atom. The van der Waals surface area contributed by atoms with Crippen LogP contribution in [0.25, 0.3) is 0 Å². The fraction of sp³-hybridized carbons (Fsp3) is 0.350. The molecule has 1 aliphatic heterocycles. The highest BCUT2D eigenvalue weighted by Gasteiger charge is 2.31. The van der Waals surface area contributed by atoms with E-state index in [0.29, 0.717) is 41.8 Å². The van der Waals surface area contributed by atoms with Crippen LogP contribution >= 0.6 is 11.6 Å². The van der Waals surface area contributed by atoms with Crippen LogP contribution in [0.2, 0.25) is 5.02 Å². The minimum absolute atomic E-state index is 0.0319. The number of nitrogens with one attached hydrogen (secondary N) is 3. The zero-order valence-electron chi connectivity index (χ0n) is 15.4. The van der Waals surface area contributed by atoms with Gasteiger partial charge in [-0.05, 0) is 44.0 Å². The molecule has 1 fully saturated rings. The molecule has 6 nitrogen and oxygen atoms in total. The Hall–Kier alpha value is -2.28. The molecular weight excluding hydrogens is 366 g/mol. The lowest BCUT2D eigenvalue weighted by Gasteiger charge is -2.15. The van der Waals surface area contributed by atoms with E-state index in [4.69, 9.17) is 21.1 Å². The molecule has 3 rings (SSSR count). The standard InChI is InChI=1S/C20H24ClN3O3/c1-3-26-13-9-10-19(27-4-2)17(11-13)22-20(25)18-12-16(23-24-18)14-7-5-6-8-15(14)21/h5-11,16,18,23-24H,3-4,12H2,1-2H3,(H,22,25). The summed E-state index contributed by atoms with van der Waals surface area (Å²) in [6.07, 6.45) is 0.588. The minimum Gasteiger partial charge on any atom is -0.494 e. The number of benzene rings is 2. The summed E-state index contributed by atoms with van der Waals surface area (Å²) in [5.74, 6) is 1.15. The number of amides is 1. The Morgan fingerprint density at radius 1 is 1.15 bits per heavy atom. The molecule has 1 amide bonds. The monoisotopic (exact) mass is 389 g/mol. The second-order valence-electron chi connectivity index (χ2n) is 6.16. The third-order valence-corrected chi connectivity index (χ3v) is 4.66. The molecule has 3 N–H and O–H groups in total. The summed E-state index contributed by atoms with van der Waals surface area (Å²) in [7, 11) is 0. The summed E-state index contributed by atoms with van der Waals surface area (Å²) in [6.45, 7) is 4.88. The van der Waals surface area contributed by atoms with Gasteiger partial charge in [-0.3, -0.25) is 4.79 Å². The van der Waals surface area contributed by atoms with E-state index in [2.05, 4.69) is 16.2 Å². The van der Waals surface area contributed by atoms with Crippen LogP contribution in [0.5, 0.6) is 11.5 Å². The molecule has 0 bridgehead atoms. The van der Waals surface area contributed by atoms with Gasteiger partial charge in [0.05, 0.1) is 18.9 Å². The highest BCUT2D eigenvalue weighted by atomic mass is 35.5. The number of carbonyl (C=O) groups is 1. The van der Waals surface area contributed by atoms with Gasteiger partial charge in [-0.2, -0.15) is 0 Å². The first-order valence-electron chi connectivity index (χ1n) is 9.08. The lowest BCUT2D eigenvalue weighted by molar-refractivity contribution is -0.117. The van der Waals surface area contributed by atoms with Gasteiger partial charge < -0.3 is 14.8 Å². The maximum atomic E-state index is 12.8. The second kappa shape index (κ2) is 9.08. The van der Waals surface area contributed by atoms with Crippen molar-refractivity contribution in [3.05, 3.63) is 53.1 Å². The number of carbonyl (C=O) groups excluding carboxylic acids is 1. The smallest absolute Gasteiger partial charge is 0.243 e. The first-order valence-corrected chi connectivity index (χ1v) is 9.46. The molecule has 1 heterocycles. The fourth-order valence-corrected chi connectivity index (χ4v) is 3.32. The summed E-state index contributed by atoms with van der Waals surface area (Å²) in [4.78, 5) is 12.8. The molecule has 27 heavy (non-hydrogen) atoms. The predicted molar refractivity (Wildman–Crippen MR) is 106 cm³/mol. The van der Waals surface area contributed by atoms with E-state index >= 15 is 0 Å². The van der Waals surface area contributed by atoms with Crippen LogP contribution in [0.1, 0.15) is 31.9 Å². The van der Waals surface area contributed by atoms with E-state index in [1.54, 1.807) is 12.1 Å². The topological polar surface area (TPSA) is 71.6 Å². The summed E-state index contributed by atoms with van der Waals surface area (Å²) in [6, 6.07) is 12.6. The van der Waals surface area contributed by atoms with Crippen molar-refractivity contribution in [3.8, 4) is 11.5 Å². The molecule has 144 valence electrons. The molecule has 7 heteroatoms. The maximum Gasteiger partial charge on any atom is 0.243 e. The third-order valence-electron chi connectivity index (χ3n) is 4.32. The van der Waals surface area contributed by atoms with Gasteiger partial charge in [-0.25, -0.2) is 10.9 Å². The number of halogens is 1. The number of rotatable bonds is 7. The quantitative estimate of drug-likeness (QED) is 0.673. The zero-order chi connectivity index (χ0) is 19.2. The fourth-order valence-electron chi connectivity index (χ4n) is 3.05. The average Bonchev–Trinajstić information content (AvgIpc) is 3.15. The van der Waals surface area contributed by atoms with Gasteiger partial charge in [0.25, 0.3) is 0 Å². The van der Waals surface area contributed by atoms with Crippen LogP contribution in [0.3, 0.4) is 0 Å². The largest absolute Gasteiger partial charge is 0.494 e.